The second kappa shape index (κ2) is 7.32. The Balaban J connectivity index is 1.56. The summed E-state index contributed by atoms with van der Waals surface area (Å²) in [7, 11) is 0. The van der Waals surface area contributed by atoms with Gasteiger partial charge in [-0.25, -0.2) is 0 Å². The summed E-state index contributed by atoms with van der Waals surface area (Å²) >= 11 is 0. The maximum Gasteiger partial charge on any atom is 0.416 e. The van der Waals surface area contributed by atoms with Crippen LogP contribution in [-0.4, -0.2) is 41.0 Å². The van der Waals surface area contributed by atoms with Crippen LogP contribution < -0.4 is 0 Å². The first kappa shape index (κ1) is 16.9. The standard InChI is InChI=1S/C18H20F3N3/c19-18(20,21)17-4-2-1-3-16(17)14-24-11-9-23(10-12-24)13-15-5-7-22-8-6-15/h1-8H,9-14H2. The summed E-state index contributed by atoms with van der Waals surface area (Å²) in [5, 5.41) is 0. The number of hydrogen-bond acceptors (Lipinski definition) is 3. The monoisotopic (exact) mass is 335 g/mol. The van der Waals surface area contributed by atoms with Gasteiger partial charge in [0.1, 0.15) is 0 Å². The van der Waals surface area contributed by atoms with E-state index in [-0.39, 0.29) is 0 Å². The first-order valence-electron chi connectivity index (χ1n) is 8.01. The van der Waals surface area contributed by atoms with Crippen LogP contribution in [-0.2, 0) is 19.3 Å². The van der Waals surface area contributed by atoms with Gasteiger partial charge in [0, 0.05) is 51.7 Å². The van der Waals surface area contributed by atoms with Crippen LogP contribution in [0.4, 0.5) is 13.2 Å². The Morgan fingerprint density at radius 1 is 0.833 bits per heavy atom. The van der Waals surface area contributed by atoms with Gasteiger partial charge in [0.25, 0.3) is 0 Å². The molecule has 0 aliphatic carbocycles. The molecule has 128 valence electrons. The minimum atomic E-state index is -4.29. The maximum atomic E-state index is 13.1. The van der Waals surface area contributed by atoms with Crippen molar-refractivity contribution >= 4 is 0 Å². The second-order valence-corrected chi connectivity index (χ2v) is 6.06. The van der Waals surface area contributed by atoms with E-state index in [0.29, 0.717) is 12.1 Å². The van der Waals surface area contributed by atoms with Crippen LogP contribution in [0.5, 0.6) is 0 Å². The fraction of sp³-hybridized carbons (Fsp3) is 0.389. The van der Waals surface area contributed by atoms with E-state index in [1.165, 1.54) is 11.6 Å². The Labute approximate surface area is 139 Å². The highest BCUT2D eigenvalue weighted by atomic mass is 19.4. The highest BCUT2D eigenvalue weighted by Gasteiger charge is 2.33. The fourth-order valence-electron chi connectivity index (χ4n) is 3.03. The molecule has 1 aliphatic rings. The molecule has 0 atom stereocenters. The molecule has 0 amide bonds. The number of pyridine rings is 1. The number of halogens is 3. The Kier molecular flexibility index (Phi) is 5.16. The van der Waals surface area contributed by atoms with Gasteiger partial charge < -0.3 is 0 Å². The average Bonchev–Trinajstić information content (AvgIpc) is 2.57. The van der Waals surface area contributed by atoms with Crippen molar-refractivity contribution in [3.63, 3.8) is 0 Å². The van der Waals surface area contributed by atoms with Crippen LogP contribution in [0.15, 0.2) is 48.8 Å². The number of alkyl halides is 3. The molecule has 1 aromatic heterocycles. The highest BCUT2D eigenvalue weighted by molar-refractivity contribution is 5.29. The summed E-state index contributed by atoms with van der Waals surface area (Å²) in [6, 6.07) is 9.84. The van der Waals surface area contributed by atoms with E-state index in [0.717, 1.165) is 38.8 Å². The van der Waals surface area contributed by atoms with Crippen LogP contribution in [0.1, 0.15) is 16.7 Å². The molecule has 1 fully saturated rings. The molecule has 6 heteroatoms. The number of aromatic nitrogens is 1. The maximum absolute atomic E-state index is 13.1. The Morgan fingerprint density at radius 2 is 1.42 bits per heavy atom. The van der Waals surface area contributed by atoms with Gasteiger partial charge in [-0.15, -0.1) is 0 Å². The molecule has 1 aliphatic heterocycles. The first-order valence-corrected chi connectivity index (χ1v) is 8.01. The number of hydrogen-bond donors (Lipinski definition) is 0. The molecule has 0 unspecified atom stereocenters. The van der Waals surface area contributed by atoms with Crippen molar-refractivity contribution in [1.82, 2.24) is 14.8 Å². The van der Waals surface area contributed by atoms with Gasteiger partial charge in [-0.2, -0.15) is 13.2 Å². The lowest BCUT2D eigenvalue weighted by atomic mass is 10.1. The van der Waals surface area contributed by atoms with E-state index < -0.39 is 11.7 Å². The molecule has 0 spiro atoms. The summed E-state index contributed by atoms with van der Waals surface area (Å²) in [6.07, 6.45) is -0.737. The average molecular weight is 335 g/mol. The van der Waals surface area contributed by atoms with Crippen LogP contribution >= 0.6 is 0 Å². The Hall–Kier alpha value is -1.92. The van der Waals surface area contributed by atoms with Crippen molar-refractivity contribution < 1.29 is 13.2 Å². The zero-order chi connectivity index (χ0) is 17.0. The molecule has 2 heterocycles. The van der Waals surface area contributed by atoms with Crippen LogP contribution in [0, 0.1) is 0 Å². The molecule has 2 aromatic rings. The molecule has 1 saturated heterocycles. The molecular formula is C18H20F3N3. The minimum absolute atomic E-state index is 0.346. The molecular weight excluding hydrogens is 315 g/mol. The van der Waals surface area contributed by atoms with E-state index in [4.69, 9.17) is 0 Å². The van der Waals surface area contributed by atoms with Crippen molar-refractivity contribution in [3.8, 4) is 0 Å². The van der Waals surface area contributed by atoms with Crippen molar-refractivity contribution in [2.24, 2.45) is 0 Å². The SMILES string of the molecule is FC(F)(F)c1ccccc1CN1CCN(Cc2ccncc2)CC1. The Morgan fingerprint density at radius 3 is 2.04 bits per heavy atom. The van der Waals surface area contributed by atoms with Gasteiger partial charge in [-0.3, -0.25) is 14.8 Å². The smallest absolute Gasteiger partial charge is 0.297 e. The van der Waals surface area contributed by atoms with Crippen molar-refractivity contribution in [2.75, 3.05) is 26.2 Å². The second-order valence-electron chi connectivity index (χ2n) is 6.06. The highest BCUT2D eigenvalue weighted by Crippen LogP contribution is 2.32. The third kappa shape index (κ3) is 4.33. The van der Waals surface area contributed by atoms with Crippen molar-refractivity contribution in [1.29, 1.82) is 0 Å². The molecule has 1 aromatic carbocycles. The third-order valence-corrected chi connectivity index (χ3v) is 4.34. The van der Waals surface area contributed by atoms with Crippen LogP contribution in [0.25, 0.3) is 0 Å². The van der Waals surface area contributed by atoms with Gasteiger partial charge in [-0.05, 0) is 29.3 Å². The van der Waals surface area contributed by atoms with Crippen molar-refractivity contribution in [2.45, 2.75) is 19.3 Å². The van der Waals surface area contributed by atoms with E-state index in [9.17, 15) is 13.2 Å². The summed E-state index contributed by atoms with van der Waals surface area (Å²) in [5.74, 6) is 0. The molecule has 3 nitrogen and oxygen atoms in total. The zero-order valence-electron chi connectivity index (χ0n) is 13.3. The lowest BCUT2D eigenvalue weighted by Crippen LogP contribution is -2.45. The summed E-state index contributed by atoms with van der Waals surface area (Å²) in [6.45, 7) is 4.47. The molecule has 0 saturated carbocycles. The number of benzene rings is 1. The molecule has 0 N–H and O–H groups in total. The summed E-state index contributed by atoms with van der Waals surface area (Å²) in [5.41, 5.74) is 1.04. The van der Waals surface area contributed by atoms with E-state index in [2.05, 4.69) is 14.8 Å². The normalized spacial score (nSPS) is 17.1. The van der Waals surface area contributed by atoms with E-state index in [1.54, 1.807) is 24.5 Å². The van der Waals surface area contributed by atoms with E-state index >= 15 is 0 Å². The van der Waals surface area contributed by atoms with Crippen LogP contribution in [0.2, 0.25) is 0 Å². The topological polar surface area (TPSA) is 19.4 Å². The van der Waals surface area contributed by atoms with Crippen molar-refractivity contribution in [3.05, 3.63) is 65.5 Å². The largest absolute Gasteiger partial charge is 0.416 e. The number of piperazine rings is 1. The first-order chi connectivity index (χ1) is 11.5. The minimum Gasteiger partial charge on any atom is -0.297 e. The van der Waals surface area contributed by atoms with Gasteiger partial charge in [0.2, 0.25) is 0 Å². The van der Waals surface area contributed by atoms with Crippen LogP contribution in [0.3, 0.4) is 0 Å². The predicted octanol–water partition coefficient (Wildman–Crippen LogP) is 3.42. The van der Waals surface area contributed by atoms with Gasteiger partial charge >= 0.3 is 6.18 Å². The fourth-order valence-corrected chi connectivity index (χ4v) is 3.03. The lowest BCUT2D eigenvalue weighted by Gasteiger charge is -2.35. The molecule has 0 radical (unpaired) electrons. The molecule has 3 rings (SSSR count). The zero-order valence-corrected chi connectivity index (χ0v) is 13.3. The molecule has 0 bridgehead atoms. The predicted molar refractivity (Wildman–Crippen MR) is 86.2 cm³/mol. The van der Waals surface area contributed by atoms with Gasteiger partial charge in [-0.1, -0.05) is 18.2 Å². The lowest BCUT2D eigenvalue weighted by molar-refractivity contribution is -0.138. The number of nitrogens with zero attached hydrogens (tertiary/aromatic N) is 3. The number of rotatable bonds is 4. The van der Waals surface area contributed by atoms with Gasteiger partial charge in [0.15, 0.2) is 0 Å². The molecule has 24 heavy (non-hydrogen) atoms. The summed E-state index contributed by atoms with van der Waals surface area (Å²) < 4.78 is 39.2. The summed E-state index contributed by atoms with van der Waals surface area (Å²) in [4.78, 5) is 8.42. The Bertz CT molecular complexity index is 650. The quantitative estimate of drug-likeness (QED) is 0.853. The van der Waals surface area contributed by atoms with Gasteiger partial charge in [0.05, 0.1) is 5.56 Å². The third-order valence-electron chi connectivity index (χ3n) is 4.34. The van der Waals surface area contributed by atoms with E-state index in [1.807, 2.05) is 12.1 Å².